The molecule has 0 aromatic carbocycles. The summed E-state index contributed by atoms with van der Waals surface area (Å²) >= 11 is 0. The lowest BCUT2D eigenvalue weighted by atomic mass is 10.2. The first-order valence-corrected chi connectivity index (χ1v) is 7.92. The van der Waals surface area contributed by atoms with Crippen molar-refractivity contribution < 1.29 is 4.79 Å². The van der Waals surface area contributed by atoms with Crippen LogP contribution in [0, 0.1) is 6.92 Å². The smallest absolute Gasteiger partial charge is 0.237 e. The second-order valence-corrected chi connectivity index (χ2v) is 5.92. The van der Waals surface area contributed by atoms with E-state index in [1.165, 1.54) is 0 Å². The lowest BCUT2D eigenvalue weighted by molar-refractivity contribution is -0.126. The van der Waals surface area contributed by atoms with Crippen LogP contribution >= 0.6 is 0 Å². The van der Waals surface area contributed by atoms with E-state index in [9.17, 15) is 4.79 Å². The Morgan fingerprint density at radius 3 is 2.73 bits per heavy atom. The van der Waals surface area contributed by atoms with Gasteiger partial charge in [-0.1, -0.05) is 0 Å². The van der Waals surface area contributed by atoms with Crippen LogP contribution in [0.1, 0.15) is 12.5 Å². The van der Waals surface area contributed by atoms with E-state index in [0.717, 1.165) is 37.4 Å². The molecule has 0 radical (unpaired) electrons. The minimum Gasteiger partial charge on any atom is -0.383 e. The number of hydrogen-bond donors (Lipinski definition) is 2. The highest BCUT2D eigenvalue weighted by Crippen LogP contribution is 2.10. The van der Waals surface area contributed by atoms with Crippen molar-refractivity contribution in [3.63, 3.8) is 0 Å². The third kappa shape index (κ3) is 4.68. The molecule has 1 aromatic rings. The van der Waals surface area contributed by atoms with E-state index in [1.807, 2.05) is 26.1 Å². The molecule has 2 heterocycles. The monoisotopic (exact) mass is 305 g/mol. The average molecular weight is 305 g/mol. The number of anilines is 1. The second kappa shape index (κ2) is 8.10. The Balaban J connectivity index is 1.68. The zero-order chi connectivity index (χ0) is 15.9. The number of carbonyl (C=O) groups is 1. The number of aromatic nitrogens is 1. The summed E-state index contributed by atoms with van der Waals surface area (Å²) < 4.78 is 0. The van der Waals surface area contributed by atoms with Crippen LogP contribution in [0.5, 0.6) is 0 Å². The number of amides is 1. The van der Waals surface area contributed by atoms with Crippen LogP contribution in [0.3, 0.4) is 0 Å². The molecule has 6 nitrogen and oxygen atoms in total. The summed E-state index contributed by atoms with van der Waals surface area (Å²) in [6.07, 6.45) is 3.60. The third-order valence-corrected chi connectivity index (χ3v) is 4.23. The van der Waals surface area contributed by atoms with Gasteiger partial charge in [0.05, 0.1) is 6.04 Å². The maximum atomic E-state index is 12.2. The molecule has 2 N–H and O–H groups in total. The van der Waals surface area contributed by atoms with E-state index >= 15 is 0 Å². The van der Waals surface area contributed by atoms with Crippen molar-refractivity contribution >= 4 is 11.6 Å². The molecule has 0 spiro atoms. The molecule has 22 heavy (non-hydrogen) atoms. The molecule has 1 aliphatic rings. The van der Waals surface area contributed by atoms with Gasteiger partial charge in [0.25, 0.3) is 0 Å². The zero-order valence-corrected chi connectivity index (χ0v) is 13.8. The second-order valence-electron chi connectivity index (χ2n) is 5.92. The number of likely N-dealkylation sites (N-methyl/N-ethyl adjacent to an activating group) is 1. The number of rotatable bonds is 6. The number of hydrogen-bond acceptors (Lipinski definition) is 5. The van der Waals surface area contributed by atoms with Crippen LogP contribution in [0.4, 0.5) is 5.69 Å². The van der Waals surface area contributed by atoms with Gasteiger partial charge in [-0.3, -0.25) is 14.7 Å². The van der Waals surface area contributed by atoms with Gasteiger partial charge < -0.3 is 15.5 Å². The maximum Gasteiger partial charge on any atom is 0.237 e. The third-order valence-electron chi connectivity index (χ3n) is 4.23. The van der Waals surface area contributed by atoms with Gasteiger partial charge in [-0.2, -0.15) is 0 Å². The van der Waals surface area contributed by atoms with E-state index in [1.54, 1.807) is 6.20 Å². The Kier molecular flexibility index (Phi) is 6.15. The van der Waals surface area contributed by atoms with Crippen molar-refractivity contribution in [3.8, 4) is 0 Å². The predicted molar refractivity (Wildman–Crippen MR) is 89.0 cm³/mol. The van der Waals surface area contributed by atoms with E-state index in [0.29, 0.717) is 13.1 Å². The van der Waals surface area contributed by atoms with E-state index in [4.69, 9.17) is 0 Å². The Hall–Kier alpha value is -1.66. The van der Waals surface area contributed by atoms with Crippen molar-refractivity contribution in [1.29, 1.82) is 0 Å². The van der Waals surface area contributed by atoms with E-state index in [-0.39, 0.29) is 11.9 Å². The molecule has 1 atom stereocenters. The molecule has 2 rings (SSSR count). The topological polar surface area (TPSA) is 60.5 Å². The summed E-state index contributed by atoms with van der Waals surface area (Å²) in [6, 6.07) is 1.89. The molecule has 1 fully saturated rings. The van der Waals surface area contributed by atoms with Gasteiger partial charge in [-0.05, 0) is 32.5 Å². The molecule has 1 saturated heterocycles. The standard InChI is InChI=1S/C16H27N5O/c1-13-12-17-5-4-15(13)18-6-7-19-16(22)14(2)21-10-8-20(3)9-11-21/h4-5,12,14H,6-11H2,1-3H3,(H,17,18)(H,19,22)/t14-/m1/s1. The first kappa shape index (κ1) is 16.7. The van der Waals surface area contributed by atoms with Crippen molar-refractivity contribution in [2.24, 2.45) is 0 Å². The highest BCUT2D eigenvalue weighted by Gasteiger charge is 2.23. The molecule has 0 saturated carbocycles. The van der Waals surface area contributed by atoms with Crippen molar-refractivity contribution in [3.05, 3.63) is 24.0 Å². The Morgan fingerprint density at radius 2 is 2.05 bits per heavy atom. The van der Waals surface area contributed by atoms with Crippen LogP contribution < -0.4 is 10.6 Å². The van der Waals surface area contributed by atoms with Gasteiger partial charge >= 0.3 is 0 Å². The lowest BCUT2D eigenvalue weighted by Gasteiger charge is -2.35. The molecular formula is C16H27N5O. The SMILES string of the molecule is Cc1cnccc1NCCNC(=O)[C@@H](C)N1CCN(C)CC1. The molecule has 1 amide bonds. The molecular weight excluding hydrogens is 278 g/mol. The van der Waals surface area contributed by atoms with E-state index in [2.05, 4.69) is 32.5 Å². The van der Waals surface area contributed by atoms with Crippen molar-refractivity contribution in [2.45, 2.75) is 19.9 Å². The summed E-state index contributed by atoms with van der Waals surface area (Å²) in [7, 11) is 2.12. The van der Waals surface area contributed by atoms with Crippen LogP contribution in [0.2, 0.25) is 0 Å². The molecule has 1 aromatic heterocycles. The van der Waals surface area contributed by atoms with Gasteiger partial charge in [0.1, 0.15) is 0 Å². The summed E-state index contributed by atoms with van der Waals surface area (Å²) in [5.41, 5.74) is 2.18. The average Bonchev–Trinajstić information content (AvgIpc) is 2.53. The molecule has 0 aliphatic carbocycles. The van der Waals surface area contributed by atoms with Gasteiger partial charge in [-0.15, -0.1) is 0 Å². The fraction of sp³-hybridized carbons (Fsp3) is 0.625. The predicted octanol–water partition coefficient (Wildman–Crippen LogP) is 0.554. The number of aryl methyl sites for hydroxylation is 1. The number of carbonyl (C=O) groups excluding carboxylic acids is 1. The maximum absolute atomic E-state index is 12.2. The Morgan fingerprint density at radius 1 is 1.32 bits per heavy atom. The molecule has 0 unspecified atom stereocenters. The molecule has 6 heteroatoms. The normalized spacial score (nSPS) is 18.0. The first-order valence-electron chi connectivity index (χ1n) is 7.92. The van der Waals surface area contributed by atoms with Gasteiger partial charge in [0, 0.05) is 57.3 Å². The number of pyridine rings is 1. The number of piperazine rings is 1. The van der Waals surface area contributed by atoms with Crippen molar-refractivity contribution in [2.75, 3.05) is 51.6 Å². The van der Waals surface area contributed by atoms with Gasteiger partial charge in [0.15, 0.2) is 0 Å². The fourth-order valence-corrected chi connectivity index (χ4v) is 2.58. The lowest BCUT2D eigenvalue weighted by Crippen LogP contribution is -2.53. The van der Waals surface area contributed by atoms with Crippen LogP contribution in [-0.4, -0.2) is 73.0 Å². The fourth-order valence-electron chi connectivity index (χ4n) is 2.58. The number of nitrogens with one attached hydrogen (secondary N) is 2. The van der Waals surface area contributed by atoms with Crippen LogP contribution in [0.15, 0.2) is 18.5 Å². The van der Waals surface area contributed by atoms with Crippen molar-refractivity contribution in [1.82, 2.24) is 20.1 Å². The number of nitrogens with zero attached hydrogens (tertiary/aromatic N) is 3. The van der Waals surface area contributed by atoms with Gasteiger partial charge in [0.2, 0.25) is 5.91 Å². The van der Waals surface area contributed by atoms with Crippen LogP contribution in [0.25, 0.3) is 0 Å². The first-order chi connectivity index (χ1) is 10.6. The van der Waals surface area contributed by atoms with Crippen LogP contribution in [-0.2, 0) is 4.79 Å². The van der Waals surface area contributed by atoms with Gasteiger partial charge in [-0.25, -0.2) is 0 Å². The summed E-state index contributed by atoms with van der Waals surface area (Å²) in [5.74, 6) is 0.109. The summed E-state index contributed by atoms with van der Waals surface area (Å²) in [6.45, 7) is 9.31. The molecule has 1 aliphatic heterocycles. The minimum atomic E-state index is -0.0589. The highest BCUT2D eigenvalue weighted by molar-refractivity contribution is 5.81. The Labute approximate surface area is 132 Å². The summed E-state index contributed by atoms with van der Waals surface area (Å²) in [4.78, 5) is 20.8. The summed E-state index contributed by atoms with van der Waals surface area (Å²) in [5, 5.41) is 6.33. The zero-order valence-electron chi connectivity index (χ0n) is 13.8. The largest absolute Gasteiger partial charge is 0.383 e. The molecule has 122 valence electrons. The Bertz CT molecular complexity index is 485. The highest BCUT2D eigenvalue weighted by atomic mass is 16.2. The van der Waals surface area contributed by atoms with E-state index < -0.39 is 0 Å². The minimum absolute atomic E-state index is 0.0589. The quantitative estimate of drug-likeness (QED) is 0.752. The molecule has 0 bridgehead atoms.